The normalized spacial score (nSPS) is 10.5. The lowest BCUT2D eigenvalue weighted by molar-refractivity contribution is 0.0597. The lowest BCUT2D eigenvalue weighted by atomic mass is 10.1. The number of rotatable bonds is 4. The number of fused-ring (bicyclic) bond motifs is 1. The molecule has 25 heavy (non-hydrogen) atoms. The molecule has 0 saturated carbocycles. The van der Waals surface area contributed by atoms with Crippen molar-refractivity contribution in [2.24, 2.45) is 0 Å². The van der Waals surface area contributed by atoms with Crippen LogP contribution in [0.15, 0.2) is 42.6 Å². The zero-order valence-electron chi connectivity index (χ0n) is 13.6. The number of aromatic nitrogens is 1. The summed E-state index contributed by atoms with van der Waals surface area (Å²) in [4.78, 5) is 16.2. The molecule has 7 heteroatoms. The Morgan fingerprint density at radius 3 is 2.56 bits per heavy atom. The minimum atomic E-state index is -0.591. The van der Waals surface area contributed by atoms with Gasteiger partial charge in [0.1, 0.15) is 17.1 Å². The molecule has 3 aromatic rings. The van der Waals surface area contributed by atoms with Crippen molar-refractivity contribution < 1.29 is 23.4 Å². The van der Waals surface area contributed by atoms with E-state index in [2.05, 4.69) is 4.98 Å². The van der Waals surface area contributed by atoms with E-state index >= 15 is 0 Å². The van der Waals surface area contributed by atoms with E-state index in [1.807, 2.05) is 0 Å². The highest BCUT2D eigenvalue weighted by Gasteiger charge is 2.17. The fourth-order valence-electron chi connectivity index (χ4n) is 2.39. The van der Waals surface area contributed by atoms with E-state index in [1.54, 1.807) is 12.1 Å². The Balaban J connectivity index is 2.13. The van der Waals surface area contributed by atoms with Gasteiger partial charge in [-0.25, -0.2) is 9.18 Å². The molecule has 3 rings (SSSR count). The van der Waals surface area contributed by atoms with Crippen LogP contribution in [0.2, 0.25) is 0 Å². The fraction of sp³-hybridized carbons (Fsp3) is 0.111. The summed E-state index contributed by atoms with van der Waals surface area (Å²) in [5.74, 6) is -0.486. The Labute approximate surface area is 142 Å². The summed E-state index contributed by atoms with van der Waals surface area (Å²) in [5, 5.41) is 0.514. The predicted molar refractivity (Wildman–Crippen MR) is 90.5 cm³/mol. The van der Waals surface area contributed by atoms with Gasteiger partial charge >= 0.3 is 5.97 Å². The molecule has 2 aromatic carbocycles. The first-order valence-electron chi connectivity index (χ1n) is 7.31. The Kier molecular flexibility index (Phi) is 4.38. The van der Waals surface area contributed by atoms with Crippen molar-refractivity contribution in [1.29, 1.82) is 0 Å². The van der Waals surface area contributed by atoms with Gasteiger partial charge in [0.15, 0.2) is 11.6 Å². The van der Waals surface area contributed by atoms with Crippen molar-refractivity contribution in [3.63, 3.8) is 0 Å². The number of esters is 1. The zero-order valence-corrected chi connectivity index (χ0v) is 13.6. The summed E-state index contributed by atoms with van der Waals surface area (Å²) < 4.78 is 29.6. The number of hydrogen-bond acceptors (Lipinski definition) is 6. The molecule has 128 valence electrons. The molecule has 0 fully saturated rings. The van der Waals surface area contributed by atoms with Gasteiger partial charge in [-0.05, 0) is 24.3 Å². The molecule has 0 atom stereocenters. The second-order valence-electron chi connectivity index (χ2n) is 5.16. The van der Waals surface area contributed by atoms with E-state index in [4.69, 9.17) is 19.9 Å². The molecule has 0 amide bonds. The third-order valence-corrected chi connectivity index (χ3v) is 3.60. The second-order valence-corrected chi connectivity index (χ2v) is 5.16. The molecule has 1 aromatic heterocycles. The number of carbonyl (C=O) groups excluding carboxylic acids is 1. The Morgan fingerprint density at radius 2 is 1.88 bits per heavy atom. The van der Waals surface area contributed by atoms with Crippen LogP contribution in [0.25, 0.3) is 10.9 Å². The number of ether oxygens (including phenoxy) is 3. The molecule has 0 aliphatic rings. The molecule has 0 unspecified atom stereocenters. The van der Waals surface area contributed by atoms with Crippen molar-refractivity contribution in [1.82, 2.24) is 4.98 Å². The van der Waals surface area contributed by atoms with Crippen LogP contribution >= 0.6 is 0 Å². The number of pyridine rings is 1. The maximum atomic E-state index is 14.0. The SMILES string of the molecule is COC(=O)c1cc2c(Oc3ccc(N)cc3F)ccnc2cc1OC. The average Bonchev–Trinajstić information content (AvgIpc) is 2.62. The zero-order chi connectivity index (χ0) is 18.0. The smallest absolute Gasteiger partial charge is 0.341 e. The summed E-state index contributed by atoms with van der Waals surface area (Å²) in [5.41, 5.74) is 6.58. The van der Waals surface area contributed by atoms with E-state index < -0.39 is 11.8 Å². The maximum Gasteiger partial charge on any atom is 0.341 e. The molecule has 6 nitrogen and oxygen atoms in total. The lowest BCUT2D eigenvalue weighted by Gasteiger charge is -2.12. The molecule has 0 bridgehead atoms. The summed E-state index contributed by atoms with van der Waals surface area (Å²) >= 11 is 0. The molecule has 1 heterocycles. The van der Waals surface area contributed by atoms with Gasteiger partial charge in [0.25, 0.3) is 0 Å². The largest absolute Gasteiger partial charge is 0.496 e. The number of nitrogens with zero attached hydrogens (tertiary/aromatic N) is 1. The van der Waals surface area contributed by atoms with E-state index in [1.165, 1.54) is 44.7 Å². The minimum absolute atomic E-state index is 0.0112. The van der Waals surface area contributed by atoms with Crippen LogP contribution in [0.4, 0.5) is 10.1 Å². The van der Waals surface area contributed by atoms with Gasteiger partial charge in [-0.2, -0.15) is 0 Å². The van der Waals surface area contributed by atoms with Crippen LogP contribution in [0, 0.1) is 5.82 Å². The molecule has 2 N–H and O–H groups in total. The van der Waals surface area contributed by atoms with Crippen molar-refractivity contribution in [2.75, 3.05) is 20.0 Å². The predicted octanol–water partition coefficient (Wildman–Crippen LogP) is 3.54. The van der Waals surface area contributed by atoms with Crippen LogP contribution in [-0.2, 0) is 4.74 Å². The highest BCUT2D eigenvalue weighted by Crippen LogP contribution is 2.34. The number of nitrogen functional groups attached to an aromatic ring is 1. The van der Waals surface area contributed by atoms with Gasteiger partial charge in [0.2, 0.25) is 0 Å². The van der Waals surface area contributed by atoms with Crippen LogP contribution in [0.3, 0.4) is 0 Å². The first kappa shape index (κ1) is 16.5. The molecule has 0 aliphatic carbocycles. The Hall–Kier alpha value is -3.35. The van der Waals surface area contributed by atoms with Crippen molar-refractivity contribution in [3.8, 4) is 17.2 Å². The van der Waals surface area contributed by atoms with Crippen molar-refractivity contribution in [3.05, 3.63) is 54.0 Å². The molecular formula is C18H15FN2O4. The van der Waals surface area contributed by atoms with E-state index in [-0.39, 0.29) is 11.3 Å². The van der Waals surface area contributed by atoms with E-state index in [0.717, 1.165) is 0 Å². The number of hydrogen-bond donors (Lipinski definition) is 1. The molecule has 0 spiro atoms. The Bertz CT molecular complexity index is 959. The van der Waals surface area contributed by atoms with Crippen LogP contribution in [-0.4, -0.2) is 25.2 Å². The number of carbonyl (C=O) groups is 1. The standard InChI is InChI=1S/C18H15FN2O4/c1-23-17-9-14-11(8-12(17)18(22)24-2)15(5-6-21-14)25-16-4-3-10(20)7-13(16)19/h3-9H,20H2,1-2H3. The first-order chi connectivity index (χ1) is 12.0. The van der Waals surface area contributed by atoms with Gasteiger partial charge < -0.3 is 19.9 Å². The highest BCUT2D eigenvalue weighted by atomic mass is 19.1. The summed E-state index contributed by atoms with van der Waals surface area (Å²) in [7, 11) is 2.72. The maximum absolute atomic E-state index is 14.0. The lowest BCUT2D eigenvalue weighted by Crippen LogP contribution is -2.04. The van der Waals surface area contributed by atoms with Gasteiger partial charge in [-0.1, -0.05) is 0 Å². The fourth-order valence-corrected chi connectivity index (χ4v) is 2.39. The molecule has 0 saturated heterocycles. The summed E-state index contributed by atoms with van der Waals surface area (Å²) in [6.45, 7) is 0. The number of methoxy groups -OCH3 is 2. The van der Waals surface area contributed by atoms with Gasteiger partial charge in [0.05, 0.1) is 19.7 Å². The quantitative estimate of drug-likeness (QED) is 0.577. The van der Waals surface area contributed by atoms with Gasteiger partial charge in [-0.15, -0.1) is 0 Å². The monoisotopic (exact) mass is 342 g/mol. The minimum Gasteiger partial charge on any atom is -0.496 e. The average molecular weight is 342 g/mol. The van der Waals surface area contributed by atoms with Crippen molar-refractivity contribution in [2.45, 2.75) is 0 Å². The first-order valence-corrected chi connectivity index (χ1v) is 7.31. The summed E-state index contributed by atoms with van der Waals surface area (Å²) in [6, 6.07) is 8.84. The topological polar surface area (TPSA) is 83.7 Å². The second kappa shape index (κ2) is 6.64. The van der Waals surface area contributed by atoms with Crippen LogP contribution < -0.4 is 15.2 Å². The molecule has 0 radical (unpaired) electrons. The molecule has 0 aliphatic heterocycles. The summed E-state index contributed by atoms with van der Waals surface area (Å²) in [6.07, 6.45) is 1.52. The third kappa shape index (κ3) is 3.16. The van der Waals surface area contributed by atoms with Crippen LogP contribution in [0.1, 0.15) is 10.4 Å². The molecular weight excluding hydrogens is 327 g/mol. The number of halogens is 1. The number of anilines is 1. The van der Waals surface area contributed by atoms with E-state index in [0.29, 0.717) is 28.1 Å². The highest BCUT2D eigenvalue weighted by molar-refractivity contribution is 5.99. The van der Waals surface area contributed by atoms with Crippen molar-refractivity contribution >= 4 is 22.6 Å². The number of nitrogens with two attached hydrogens (primary N) is 1. The van der Waals surface area contributed by atoms with Gasteiger partial charge in [-0.3, -0.25) is 4.98 Å². The van der Waals surface area contributed by atoms with Crippen LogP contribution in [0.5, 0.6) is 17.2 Å². The van der Waals surface area contributed by atoms with E-state index in [9.17, 15) is 9.18 Å². The number of benzene rings is 2. The Morgan fingerprint density at radius 1 is 1.08 bits per heavy atom. The van der Waals surface area contributed by atoms with Gasteiger partial charge in [0, 0.05) is 29.4 Å². The third-order valence-electron chi connectivity index (χ3n) is 3.60.